The molecule has 0 spiro atoms. The summed E-state index contributed by atoms with van der Waals surface area (Å²) < 4.78 is 31.5. The van der Waals surface area contributed by atoms with Gasteiger partial charge in [-0.1, -0.05) is 6.92 Å². The minimum absolute atomic E-state index is 0.182. The van der Waals surface area contributed by atoms with Crippen molar-refractivity contribution in [1.82, 2.24) is 5.32 Å². The number of halogens is 2. The van der Waals surface area contributed by atoms with Crippen molar-refractivity contribution >= 4 is 11.9 Å². The van der Waals surface area contributed by atoms with Crippen LogP contribution in [0.3, 0.4) is 0 Å². The van der Waals surface area contributed by atoms with Crippen molar-refractivity contribution in [1.29, 1.82) is 0 Å². The molecule has 0 aromatic heterocycles. The third-order valence-electron chi connectivity index (χ3n) is 3.44. The van der Waals surface area contributed by atoms with Gasteiger partial charge in [0.15, 0.2) is 6.04 Å². The van der Waals surface area contributed by atoms with Crippen molar-refractivity contribution in [3.05, 3.63) is 35.4 Å². The Morgan fingerprint density at radius 3 is 2.60 bits per heavy atom. The smallest absolute Gasteiger partial charge is 0.333 e. The molecule has 1 aromatic carbocycles. The van der Waals surface area contributed by atoms with E-state index in [0.29, 0.717) is 0 Å². The predicted octanol–water partition coefficient (Wildman–Crippen LogP) is 1.95. The largest absolute Gasteiger partial charge is 0.467 e. The highest BCUT2D eigenvalue weighted by atomic mass is 19.1. The van der Waals surface area contributed by atoms with E-state index >= 15 is 0 Å². The minimum atomic E-state index is -1.34. The van der Waals surface area contributed by atoms with E-state index in [1.165, 1.54) is 0 Å². The number of hydrogen-bond donors (Lipinski definition) is 1. The predicted molar refractivity (Wildman–Crippen MR) is 66.5 cm³/mol. The first-order valence-electron chi connectivity index (χ1n) is 6.27. The normalized spacial score (nSPS) is 22.0. The Morgan fingerprint density at radius 2 is 2.05 bits per heavy atom. The number of benzene rings is 1. The van der Waals surface area contributed by atoms with Crippen molar-refractivity contribution in [3.63, 3.8) is 0 Å². The highest BCUT2D eigenvalue weighted by Crippen LogP contribution is 2.38. The highest BCUT2D eigenvalue weighted by Gasteiger charge is 2.41. The summed E-state index contributed by atoms with van der Waals surface area (Å²) in [7, 11) is 1.12. The molecule has 1 N–H and O–H groups in total. The Bertz CT molecular complexity index is 547. The molecule has 1 fully saturated rings. The van der Waals surface area contributed by atoms with Crippen molar-refractivity contribution < 1.29 is 23.1 Å². The third-order valence-corrected chi connectivity index (χ3v) is 3.44. The molecule has 108 valence electrons. The number of rotatable bonds is 4. The number of carbonyl (C=O) groups excluding carboxylic acids is 2. The molecule has 6 heteroatoms. The summed E-state index contributed by atoms with van der Waals surface area (Å²) in [6.45, 7) is 1.90. The van der Waals surface area contributed by atoms with Gasteiger partial charge in [0.1, 0.15) is 11.6 Å². The molecule has 0 aliphatic heterocycles. The first-order chi connectivity index (χ1) is 9.43. The van der Waals surface area contributed by atoms with E-state index in [4.69, 9.17) is 0 Å². The van der Waals surface area contributed by atoms with Crippen LogP contribution in [0.15, 0.2) is 18.2 Å². The van der Waals surface area contributed by atoms with E-state index in [0.717, 1.165) is 31.7 Å². The molecule has 0 heterocycles. The van der Waals surface area contributed by atoms with Gasteiger partial charge in [0, 0.05) is 11.5 Å². The lowest BCUT2D eigenvalue weighted by molar-refractivity contribution is -0.145. The SMILES string of the molecule is COC(=O)[C@H](NC(=O)[C@H]1C[C@H]1C)c1cc(F)ccc1F. The van der Waals surface area contributed by atoms with Gasteiger partial charge in [-0.3, -0.25) is 4.79 Å². The van der Waals surface area contributed by atoms with Gasteiger partial charge in [-0.25, -0.2) is 13.6 Å². The van der Waals surface area contributed by atoms with E-state index < -0.39 is 23.6 Å². The molecular weight excluding hydrogens is 268 g/mol. The highest BCUT2D eigenvalue weighted by molar-refractivity contribution is 5.88. The Hall–Kier alpha value is -1.98. The van der Waals surface area contributed by atoms with E-state index in [9.17, 15) is 18.4 Å². The van der Waals surface area contributed by atoms with Crippen LogP contribution in [0.5, 0.6) is 0 Å². The van der Waals surface area contributed by atoms with Crippen LogP contribution in [0.4, 0.5) is 8.78 Å². The summed E-state index contributed by atoms with van der Waals surface area (Å²) in [6.07, 6.45) is 0.728. The van der Waals surface area contributed by atoms with Gasteiger partial charge in [-0.2, -0.15) is 0 Å². The molecule has 1 aromatic rings. The number of carbonyl (C=O) groups is 2. The van der Waals surface area contributed by atoms with E-state index in [1.807, 2.05) is 6.92 Å². The van der Waals surface area contributed by atoms with E-state index in [2.05, 4.69) is 10.1 Å². The quantitative estimate of drug-likeness (QED) is 0.859. The fraction of sp³-hybridized carbons (Fsp3) is 0.429. The average Bonchev–Trinajstić information content (AvgIpc) is 3.15. The van der Waals surface area contributed by atoms with Gasteiger partial charge in [-0.05, 0) is 30.5 Å². The molecular formula is C14H15F2NO3. The van der Waals surface area contributed by atoms with E-state index in [-0.39, 0.29) is 23.3 Å². The zero-order chi connectivity index (χ0) is 14.9. The summed E-state index contributed by atoms with van der Waals surface area (Å²) in [5.74, 6) is -2.59. The molecule has 1 saturated carbocycles. The van der Waals surface area contributed by atoms with Crippen LogP contribution in [-0.2, 0) is 14.3 Å². The van der Waals surface area contributed by atoms with Gasteiger partial charge < -0.3 is 10.1 Å². The van der Waals surface area contributed by atoms with Crippen molar-refractivity contribution in [2.24, 2.45) is 11.8 Å². The third kappa shape index (κ3) is 2.95. The second-order valence-corrected chi connectivity index (χ2v) is 4.95. The van der Waals surface area contributed by atoms with Gasteiger partial charge in [-0.15, -0.1) is 0 Å². The number of nitrogens with one attached hydrogen (secondary N) is 1. The lowest BCUT2D eigenvalue weighted by atomic mass is 10.1. The average molecular weight is 283 g/mol. The maximum Gasteiger partial charge on any atom is 0.333 e. The van der Waals surface area contributed by atoms with Crippen molar-refractivity contribution in [2.75, 3.05) is 7.11 Å². The standard InChI is InChI=1S/C14H15F2NO3/c1-7-5-9(7)13(18)17-12(14(19)20-2)10-6-8(15)3-4-11(10)16/h3-4,6-7,9,12H,5H2,1-2H3,(H,17,18)/t7-,9+,12-/m1/s1. The van der Waals surface area contributed by atoms with Crippen LogP contribution in [0.25, 0.3) is 0 Å². The molecule has 4 nitrogen and oxygen atoms in total. The molecule has 1 aliphatic carbocycles. The first kappa shape index (κ1) is 14.4. The van der Waals surface area contributed by atoms with E-state index in [1.54, 1.807) is 0 Å². The summed E-state index contributed by atoms with van der Waals surface area (Å²) >= 11 is 0. The Kier molecular flexibility index (Phi) is 4.01. The molecule has 1 amide bonds. The Labute approximate surface area is 115 Å². The number of ether oxygens (including phenoxy) is 1. The lowest BCUT2D eigenvalue weighted by Crippen LogP contribution is -2.36. The maximum absolute atomic E-state index is 13.7. The summed E-state index contributed by atoms with van der Waals surface area (Å²) in [5.41, 5.74) is -0.237. The van der Waals surface area contributed by atoms with Crippen LogP contribution < -0.4 is 5.32 Å². The number of amides is 1. The monoisotopic (exact) mass is 283 g/mol. The molecule has 0 unspecified atom stereocenters. The van der Waals surface area contributed by atoms with Crippen LogP contribution in [-0.4, -0.2) is 19.0 Å². The van der Waals surface area contributed by atoms with Gasteiger partial charge in [0.05, 0.1) is 7.11 Å². The number of esters is 1. The van der Waals surface area contributed by atoms with Gasteiger partial charge in [0.2, 0.25) is 5.91 Å². The maximum atomic E-state index is 13.7. The topological polar surface area (TPSA) is 55.4 Å². The summed E-state index contributed by atoms with van der Waals surface area (Å²) in [6, 6.07) is 1.40. The molecule has 20 heavy (non-hydrogen) atoms. The molecule has 3 atom stereocenters. The Balaban J connectivity index is 2.25. The van der Waals surface area contributed by atoms with Crippen molar-refractivity contribution in [3.8, 4) is 0 Å². The zero-order valence-corrected chi connectivity index (χ0v) is 11.2. The second kappa shape index (κ2) is 5.56. The summed E-state index contributed by atoms with van der Waals surface area (Å²) in [5, 5.41) is 2.42. The van der Waals surface area contributed by atoms with Crippen LogP contribution in [0, 0.1) is 23.5 Å². The Morgan fingerprint density at radius 1 is 1.40 bits per heavy atom. The van der Waals surface area contributed by atoms with Crippen LogP contribution in [0.2, 0.25) is 0 Å². The number of hydrogen-bond acceptors (Lipinski definition) is 3. The molecule has 1 aliphatic rings. The fourth-order valence-corrected chi connectivity index (χ4v) is 2.05. The zero-order valence-electron chi connectivity index (χ0n) is 11.2. The molecule has 0 bridgehead atoms. The second-order valence-electron chi connectivity index (χ2n) is 4.95. The van der Waals surface area contributed by atoms with Gasteiger partial charge in [0.25, 0.3) is 0 Å². The fourth-order valence-electron chi connectivity index (χ4n) is 2.05. The van der Waals surface area contributed by atoms with Crippen LogP contribution >= 0.6 is 0 Å². The minimum Gasteiger partial charge on any atom is -0.467 e. The van der Waals surface area contributed by atoms with Crippen molar-refractivity contribution in [2.45, 2.75) is 19.4 Å². The van der Waals surface area contributed by atoms with Gasteiger partial charge >= 0.3 is 5.97 Å². The molecule has 0 saturated heterocycles. The molecule has 2 rings (SSSR count). The number of methoxy groups -OCH3 is 1. The first-order valence-corrected chi connectivity index (χ1v) is 6.27. The summed E-state index contributed by atoms with van der Waals surface area (Å²) in [4.78, 5) is 23.6. The van der Waals surface area contributed by atoms with Crippen LogP contribution in [0.1, 0.15) is 24.9 Å². The molecule has 0 radical (unpaired) electrons. The lowest BCUT2D eigenvalue weighted by Gasteiger charge is -2.17.